The lowest BCUT2D eigenvalue weighted by atomic mass is 10.1. The number of carbonyl (C=O) groups is 2. The van der Waals surface area contributed by atoms with Gasteiger partial charge in [-0.2, -0.15) is 0 Å². The largest absolute Gasteiger partial charge is 0.352 e. The van der Waals surface area contributed by atoms with Crippen molar-refractivity contribution < 1.29 is 22.4 Å². The lowest BCUT2D eigenvalue weighted by Gasteiger charge is -2.32. The van der Waals surface area contributed by atoms with Crippen molar-refractivity contribution in [1.29, 1.82) is 0 Å². The first kappa shape index (κ1) is 26.0. The van der Waals surface area contributed by atoms with Crippen molar-refractivity contribution in [2.24, 2.45) is 0 Å². The number of nitrogens with one attached hydrogen (secondary N) is 1. The summed E-state index contributed by atoms with van der Waals surface area (Å²) in [6.07, 6.45) is 4.80. The summed E-state index contributed by atoms with van der Waals surface area (Å²) in [6, 6.07) is 11.1. The Bertz CT molecular complexity index is 1140. The molecule has 0 heterocycles. The Balaban J connectivity index is 1.89. The Hall–Kier alpha value is -2.65. The highest BCUT2D eigenvalue weighted by Crippen LogP contribution is 2.23. The van der Waals surface area contributed by atoms with Crippen LogP contribution in [0, 0.1) is 5.82 Å². The monoisotopic (exact) mass is 509 g/mol. The molecular weight excluding hydrogens is 481 g/mol. The summed E-state index contributed by atoms with van der Waals surface area (Å²) in [7, 11) is -3.92. The van der Waals surface area contributed by atoms with Gasteiger partial charge in [0.2, 0.25) is 21.8 Å². The number of anilines is 1. The molecule has 2 amide bonds. The van der Waals surface area contributed by atoms with Crippen LogP contribution in [0.5, 0.6) is 0 Å². The molecule has 2 aromatic rings. The molecule has 184 valence electrons. The van der Waals surface area contributed by atoms with Gasteiger partial charge in [0.15, 0.2) is 0 Å². The van der Waals surface area contributed by atoms with Crippen LogP contribution < -0.4 is 9.62 Å². The number of rotatable bonds is 9. The predicted octanol–water partition coefficient (Wildman–Crippen LogP) is 3.72. The first-order valence-electron chi connectivity index (χ1n) is 11.1. The number of hydrogen-bond acceptors (Lipinski definition) is 4. The van der Waals surface area contributed by atoms with E-state index in [0.717, 1.165) is 42.3 Å². The minimum Gasteiger partial charge on any atom is -0.352 e. The van der Waals surface area contributed by atoms with Crippen LogP contribution in [0.25, 0.3) is 0 Å². The van der Waals surface area contributed by atoms with Gasteiger partial charge in [-0.05, 0) is 49.6 Å². The second-order valence-corrected chi connectivity index (χ2v) is 10.8. The number of nitrogens with zero attached hydrogens (tertiary/aromatic N) is 2. The van der Waals surface area contributed by atoms with Crippen LogP contribution in [0.15, 0.2) is 48.5 Å². The van der Waals surface area contributed by atoms with Crippen LogP contribution in [0.1, 0.15) is 38.2 Å². The molecule has 1 saturated carbocycles. The summed E-state index contributed by atoms with van der Waals surface area (Å²) in [5, 5.41) is 3.41. The third-order valence-corrected chi connectivity index (χ3v) is 7.45. The van der Waals surface area contributed by atoms with E-state index in [1.165, 1.54) is 23.1 Å². The zero-order valence-electron chi connectivity index (χ0n) is 19.2. The van der Waals surface area contributed by atoms with E-state index >= 15 is 0 Å². The molecule has 1 unspecified atom stereocenters. The minimum absolute atomic E-state index is 0.0124. The number of amides is 2. The number of hydrogen-bond donors (Lipinski definition) is 1. The molecule has 0 bridgehead atoms. The van der Waals surface area contributed by atoms with Crippen molar-refractivity contribution >= 4 is 39.1 Å². The third kappa shape index (κ3) is 6.70. The molecule has 10 heteroatoms. The number of sulfonamides is 1. The highest BCUT2D eigenvalue weighted by Gasteiger charge is 2.31. The van der Waals surface area contributed by atoms with Crippen LogP contribution in [0.4, 0.5) is 10.1 Å². The maximum Gasteiger partial charge on any atom is 0.244 e. The topological polar surface area (TPSA) is 86.8 Å². The number of benzene rings is 2. The highest BCUT2D eigenvalue weighted by molar-refractivity contribution is 7.92. The van der Waals surface area contributed by atoms with Gasteiger partial charge in [0.25, 0.3) is 0 Å². The highest BCUT2D eigenvalue weighted by atomic mass is 35.5. The van der Waals surface area contributed by atoms with Gasteiger partial charge in [0.1, 0.15) is 18.4 Å². The van der Waals surface area contributed by atoms with Gasteiger partial charge in [-0.1, -0.05) is 48.7 Å². The Kier molecular flexibility index (Phi) is 8.54. The van der Waals surface area contributed by atoms with Gasteiger partial charge in [-0.15, -0.1) is 0 Å². The Morgan fingerprint density at radius 2 is 1.82 bits per heavy atom. The van der Waals surface area contributed by atoms with E-state index in [1.807, 2.05) is 0 Å². The van der Waals surface area contributed by atoms with E-state index in [2.05, 4.69) is 5.32 Å². The normalized spacial score (nSPS) is 15.1. The second kappa shape index (κ2) is 11.2. The molecule has 0 spiro atoms. The van der Waals surface area contributed by atoms with E-state index in [4.69, 9.17) is 11.6 Å². The van der Waals surface area contributed by atoms with Crippen LogP contribution in [-0.2, 0) is 26.2 Å². The molecule has 7 nitrogen and oxygen atoms in total. The molecule has 0 saturated heterocycles. The first-order valence-corrected chi connectivity index (χ1v) is 13.4. The van der Waals surface area contributed by atoms with Crippen LogP contribution in [0.3, 0.4) is 0 Å². The van der Waals surface area contributed by atoms with Gasteiger partial charge in [-0.3, -0.25) is 13.9 Å². The SMILES string of the molecule is CC(C(=O)NC1CCCC1)N(Cc1ccccc1Cl)C(=O)CN(c1cccc(F)c1)S(C)(=O)=O. The maximum atomic E-state index is 13.8. The Labute approximate surface area is 204 Å². The van der Waals surface area contributed by atoms with Gasteiger partial charge in [-0.25, -0.2) is 12.8 Å². The van der Waals surface area contributed by atoms with Gasteiger partial charge in [0.05, 0.1) is 11.9 Å². The summed E-state index contributed by atoms with van der Waals surface area (Å²) in [6.45, 7) is 1.03. The van der Waals surface area contributed by atoms with E-state index < -0.39 is 34.3 Å². The van der Waals surface area contributed by atoms with Crippen molar-refractivity contribution in [2.45, 2.75) is 51.2 Å². The van der Waals surface area contributed by atoms with E-state index in [9.17, 15) is 22.4 Å². The summed E-state index contributed by atoms with van der Waals surface area (Å²) >= 11 is 6.30. The van der Waals surface area contributed by atoms with Crippen molar-refractivity contribution in [2.75, 3.05) is 17.1 Å². The first-order chi connectivity index (χ1) is 16.1. The summed E-state index contributed by atoms with van der Waals surface area (Å²) in [5.74, 6) is -1.55. The molecule has 1 aliphatic rings. The fourth-order valence-corrected chi connectivity index (χ4v) is 5.07. The van der Waals surface area contributed by atoms with Gasteiger partial charge in [0, 0.05) is 17.6 Å². The molecule has 1 fully saturated rings. The van der Waals surface area contributed by atoms with Crippen LogP contribution >= 0.6 is 11.6 Å². The molecule has 1 atom stereocenters. The van der Waals surface area contributed by atoms with Crippen molar-refractivity contribution in [3.05, 3.63) is 64.9 Å². The van der Waals surface area contributed by atoms with E-state index in [-0.39, 0.29) is 24.2 Å². The number of carbonyl (C=O) groups excluding carboxylic acids is 2. The molecule has 1 aliphatic carbocycles. The summed E-state index contributed by atoms with van der Waals surface area (Å²) in [4.78, 5) is 27.8. The van der Waals surface area contributed by atoms with Crippen LogP contribution in [-0.4, -0.2) is 50.0 Å². The van der Waals surface area contributed by atoms with E-state index in [1.54, 1.807) is 31.2 Å². The van der Waals surface area contributed by atoms with Gasteiger partial charge >= 0.3 is 0 Å². The van der Waals surface area contributed by atoms with Crippen molar-refractivity contribution in [3.8, 4) is 0 Å². The maximum absolute atomic E-state index is 13.8. The molecule has 34 heavy (non-hydrogen) atoms. The number of halogens is 2. The Morgan fingerprint density at radius 3 is 2.44 bits per heavy atom. The minimum atomic E-state index is -3.92. The van der Waals surface area contributed by atoms with Crippen molar-refractivity contribution in [1.82, 2.24) is 10.2 Å². The molecule has 2 aromatic carbocycles. The van der Waals surface area contributed by atoms with Crippen molar-refractivity contribution in [3.63, 3.8) is 0 Å². The van der Waals surface area contributed by atoms with E-state index in [0.29, 0.717) is 10.6 Å². The molecule has 1 N–H and O–H groups in total. The molecule has 0 radical (unpaired) electrons. The van der Waals surface area contributed by atoms with Crippen LogP contribution in [0.2, 0.25) is 5.02 Å². The quantitative estimate of drug-likeness (QED) is 0.558. The lowest BCUT2D eigenvalue weighted by molar-refractivity contribution is -0.139. The molecule has 0 aliphatic heterocycles. The fraction of sp³-hybridized carbons (Fsp3) is 0.417. The Morgan fingerprint density at radius 1 is 1.15 bits per heavy atom. The fourth-order valence-electron chi connectivity index (χ4n) is 4.03. The zero-order chi connectivity index (χ0) is 24.9. The second-order valence-electron chi connectivity index (χ2n) is 8.53. The third-order valence-electron chi connectivity index (χ3n) is 5.94. The summed E-state index contributed by atoms with van der Waals surface area (Å²) in [5.41, 5.74) is 0.645. The summed E-state index contributed by atoms with van der Waals surface area (Å²) < 4.78 is 39.6. The average Bonchev–Trinajstić information content (AvgIpc) is 3.28. The molecular formula is C24H29ClFN3O4S. The lowest BCUT2D eigenvalue weighted by Crippen LogP contribution is -2.52. The molecule has 3 rings (SSSR count). The predicted molar refractivity (Wildman–Crippen MR) is 130 cm³/mol. The zero-order valence-corrected chi connectivity index (χ0v) is 20.8. The molecule has 0 aromatic heterocycles. The average molecular weight is 510 g/mol. The van der Waals surface area contributed by atoms with Gasteiger partial charge < -0.3 is 10.2 Å². The standard InChI is InChI=1S/C24H29ClFN3O4S/c1-17(24(31)27-20-10-4-5-11-20)28(15-18-8-3-6-13-22(18)25)23(30)16-29(34(2,32)33)21-12-7-9-19(26)14-21/h3,6-9,12-14,17,20H,4-5,10-11,15-16H2,1-2H3,(H,27,31). The smallest absolute Gasteiger partial charge is 0.244 e.